The van der Waals surface area contributed by atoms with Crippen molar-refractivity contribution in [1.82, 2.24) is 4.57 Å². The lowest BCUT2D eigenvalue weighted by atomic mass is 9.78. The molecular weight excluding hydrogens is 722 g/mol. The summed E-state index contributed by atoms with van der Waals surface area (Å²) in [6.45, 7) is 7.64. The minimum absolute atomic E-state index is 0.00859. The third-order valence-electron chi connectivity index (χ3n) is 9.69. The van der Waals surface area contributed by atoms with Gasteiger partial charge < -0.3 is 60.5 Å². The highest BCUT2D eigenvalue weighted by molar-refractivity contribution is 8.03. The van der Waals surface area contributed by atoms with Crippen molar-refractivity contribution in [2.45, 2.75) is 25.8 Å². The Kier molecular flexibility index (Phi) is 9.93. The van der Waals surface area contributed by atoms with Crippen LogP contribution in [-0.2, 0) is 0 Å². The first-order valence-electron chi connectivity index (χ1n) is 16.8. The maximum atomic E-state index is 11.2. The summed E-state index contributed by atoms with van der Waals surface area (Å²) in [5.41, 5.74) is 2.85. The molecule has 276 valence electrons. The van der Waals surface area contributed by atoms with Gasteiger partial charge in [0, 0.05) is 35.1 Å². The Morgan fingerprint density at radius 2 is 1.18 bits per heavy atom. The molecule has 2 heterocycles. The largest absolute Gasteiger partial charge is 0.512 e. The number of aliphatic hydroxyl groups excluding tert-OH is 2. The van der Waals surface area contributed by atoms with Crippen LogP contribution in [-0.4, -0.2) is 76.6 Å². The molecule has 0 saturated heterocycles. The predicted octanol–water partition coefficient (Wildman–Crippen LogP) is 7.76. The van der Waals surface area contributed by atoms with Crippen molar-refractivity contribution < 1.29 is 51.1 Å². The number of rotatable bonds is 4. The first-order chi connectivity index (χ1) is 26.3. The van der Waals surface area contributed by atoms with E-state index in [1.54, 1.807) is 45.9 Å². The normalized spacial score (nSPS) is 15.8. The van der Waals surface area contributed by atoms with Gasteiger partial charge in [-0.2, -0.15) is 0 Å². The van der Waals surface area contributed by atoms with E-state index in [1.807, 2.05) is 26.0 Å². The van der Waals surface area contributed by atoms with Crippen LogP contribution in [0.2, 0.25) is 0 Å². The fourth-order valence-electron chi connectivity index (χ4n) is 7.37. The maximum Gasteiger partial charge on any atom is 0.201 e. The zero-order valence-corrected chi connectivity index (χ0v) is 30.2. The Morgan fingerprint density at radius 3 is 1.80 bits per heavy atom. The van der Waals surface area contributed by atoms with Gasteiger partial charge in [-0.25, -0.2) is 12.5 Å². The van der Waals surface area contributed by atoms with Crippen LogP contribution in [0.5, 0.6) is 46.0 Å². The molecule has 15 heteroatoms. The lowest BCUT2D eigenvalue weighted by Crippen LogP contribution is -2.32. The number of benzene rings is 5. The molecule has 1 aliphatic carbocycles. The molecule has 2 atom stereocenters. The summed E-state index contributed by atoms with van der Waals surface area (Å²) in [5, 5.41) is 107. The molecule has 8 rings (SSSR count). The Bertz CT molecular complexity index is 2620. The maximum absolute atomic E-state index is 11.2. The van der Waals surface area contributed by atoms with Gasteiger partial charge in [0.1, 0.15) is 25.1 Å². The second-order valence-electron chi connectivity index (χ2n) is 12.4. The van der Waals surface area contributed by atoms with Crippen LogP contribution in [0.4, 0.5) is 11.4 Å². The third-order valence-corrected chi connectivity index (χ3v) is 9.69. The van der Waals surface area contributed by atoms with Gasteiger partial charge in [-0.15, -0.1) is 0 Å². The summed E-state index contributed by atoms with van der Waals surface area (Å²) in [6, 6.07) is 17.2. The molecule has 10 N–H and O–H groups in total. The quantitative estimate of drug-likeness (QED) is 0.0476. The van der Waals surface area contributed by atoms with Gasteiger partial charge in [0.25, 0.3) is 0 Å². The number of phenols is 8. The summed E-state index contributed by atoms with van der Waals surface area (Å²) in [5.74, 6) is -6.56. The van der Waals surface area contributed by atoms with Crippen LogP contribution < -0.4 is 4.90 Å². The summed E-state index contributed by atoms with van der Waals surface area (Å²) in [4.78, 5) is 1.68. The average Bonchev–Trinajstić information content (AvgIpc) is 3.69. The molecule has 6 aromatic rings. The molecule has 12 nitrogen and oxygen atoms in total. The minimum Gasteiger partial charge on any atom is -0.512 e. The Balaban J connectivity index is 0.00000125. The monoisotopic (exact) mass is 756 g/mol. The van der Waals surface area contributed by atoms with Crippen molar-refractivity contribution in [2.75, 3.05) is 4.90 Å². The molecule has 2 unspecified atom stereocenters. The lowest BCUT2D eigenvalue weighted by Gasteiger charge is -2.31. The molecule has 0 bridgehead atoms. The number of aliphatic hydroxyl groups is 2. The summed E-state index contributed by atoms with van der Waals surface area (Å²) >= 11 is 3.03. The van der Waals surface area contributed by atoms with Gasteiger partial charge >= 0.3 is 0 Å². The first-order valence-corrected chi connectivity index (χ1v) is 17.3. The van der Waals surface area contributed by atoms with E-state index in [4.69, 9.17) is 7.85 Å². The van der Waals surface area contributed by atoms with Crippen LogP contribution in [0, 0.1) is 0 Å². The number of aromatic hydroxyl groups is 8. The van der Waals surface area contributed by atoms with Gasteiger partial charge in [0.2, 0.25) is 11.5 Å². The zero-order chi connectivity index (χ0) is 40.2. The molecule has 55 heavy (non-hydrogen) atoms. The van der Waals surface area contributed by atoms with Crippen molar-refractivity contribution in [2.24, 2.45) is 0 Å². The fraction of sp³-hybridized carbons (Fsp3) is 0.100. The Labute approximate surface area is 322 Å². The van der Waals surface area contributed by atoms with Gasteiger partial charge in [0.15, 0.2) is 30.1 Å². The molecule has 5 aromatic carbocycles. The molecule has 1 aromatic heterocycles. The van der Waals surface area contributed by atoms with Crippen LogP contribution >= 0.6 is 12.5 Å². The number of nitrogens with zero attached hydrogens (tertiary/aromatic N) is 2. The Hall–Kier alpha value is -6.60. The van der Waals surface area contributed by atoms with Crippen molar-refractivity contribution in [1.29, 1.82) is 0 Å². The molecule has 2 aliphatic rings. The number of fused-ring (bicyclic) bond motifs is 6. The molecule has 0 fully saturated rings. The third kappa shape index (κ3) is 5.66. The van der Waals surface area contributed by atoms with Gasteiger partial charge in [0.05, 0.1) is 50.8 Å². The van der Waals surface area contributed by atoms with Crippen LogP contribution in [0.15, 0.2) is 96.4 Å². The van der Waals surface area contributed by atoms with E-state index < -0.39 is 58.0 Å². The number of hydrogen-bond donors (Lipinski definition) is 11. The van der Waals surface area contributed by atoms with Crippen molar-refractivity contribution in [3.05, 3.63) is 108 Å². The molecule has 0 spiro atoms. The van der Waals surface area contributed by atoms with Crippen molar-refractivity contribution >= 4 is 66.7 Å². The van der Waals surface area contributed by atoms with Crippen LogP contribution in [0.1, 0.15) is 30.9 Å². The molecular formula is C40H34B2N2O10S. The van der Waals surface area contributed by atoms with Crippen LogP contribution in [0.25, 0.3) is 44.7 Å². The van der Waals surface area contributed by atoms with E-state index in [2.05, 4.69) is 26.2 Å². The molecule has 1 aliphatic heterocycles. The number of allylic oxidation sites excluding steroid dienone is 1. The highest BCUT2D eigenvalue weighted by Crippen LogP contribution is 2.58. The second-order valence-corrected chi connectivity index (χ2v) is 12.4. The van der Waals surface area contributed by atoms with E-state index in [9.17, 15) is 51.1 Å². The summed E-state index contributed by atoms with van der Waals surface area (Å²) < 4.78 is 1.59. The highest BCUT2D eigenvalue weighted by atomic mass is 32.1. The van der Waals surface area contributed by atoms with E-state index in [0.717, 1.165) is 0 Å². The Morgan fingerprint density at radius 1 is 0.655 bits per heavy atom. The molecule has 0 amide bonds. The smallest absolute Gasteiger partial charge is 0.201 e. The van der Waals surface area contributed by atoms with E-state index >= 15 is 0 Å². The highest BCUT2D eigenvalue weighted by Gasteiger charge is 2.46. The number of aromatic nitrogens is 1. The zero-order valence-electron chi connectivity index (χ0n) is 29.3. The number of anilines is 2. The van der Waals surface area contributed by atoms with E-state index in [1.165, 1.54) is 30.4 Å². The SMILES string of the molecule is CC.[B]C1=C(O)C2c3c(cc(O)c(O)c3O)N(c3cccc(-c4cccc(-n5c6cc(O)c(O)c(O)c6c6c(O)c(C=C)c(O)cc65)c4)c3)C2C=C1O.[B]S. The number of hydrogen-bond acceptors (Lipinski definition) is 12. The predicted molar refractivity (Wildman–Crippen MR) is 217 cm³/mol. The second kappa shape index (κ2) is 14.3. The summed E-state index contributed by atoms with van der Waals surface area (Å²) in [7, 11) is 10.1. The molecule has 0 saturated carbocycles. The van der Waals surface area contributed by atoms with Gasteiger partial charge in [-0.1, -0.05) is 50.8 Å². The van der Waals surface area contributed by atoms with Gasteiger partial charge in [-0.3, -0.25) is 0 Å². The first kappa shape index (κ1) is 38.1. The van der Waals surface area contributed by atoms with E-state index in [-0.39, 0.29) is 55.6 Å². The van der Waals surface area contributed by atoms with E-state index in [0.29, 0.717) is 22.5 Å². The standard InChI is InChI=1S/C38H27BN2O10.C2H6.BHS/c1-2-19-24(42)11-20-28(33(19)46)30-22(13-26(44)34(47)37(30)50)40(20)17-7-3-5-15(9-17)16-6-4-8-18(10-16)41-21-12-25(43)32(39)36(49)29(21)31-23(41)14-27(45)35(48)38(31)51;2*1-2/h2-14,21,29,42-51H,1H2;1-2H3;2H. The van der Waals surface area contributed by atoms with Crippen molar-refractivity contribution in [3.8, 4) is 62.8 Å². The summed E-state index contributed by atoms with van der Waals surface area (Å²) in [6.07, 6.45) is 2.66. The average molecular weight is 756 g/mol. The minimum atomic E-state index is -0.994. The fourth-order valence-corrected chi connectivity index (χ4v) is 7.37. The van der Waals surface area contributed by atoms with Crippen LogP contribution in [0.3, 0.4) is 0 Å². The number of thiol groups is 1. The van der Waals surface area contributed by atoms with Gasteiger partial charge in [-0.05, 0) is 46.9 Å². The lowest BCUT2D eigenvalue weighted by molar-refractivity contribution is 0.328. The topological polar surface area (TPSA) is 210 Å². The molecule has 4 radical (unpaired) electrons. The number of phenolic OH excluding ortho intramolecular Hbond substituents is 8. The van der Waals surface area contributed by atoms with Crippen molar-refractivity contribution in [3.63, 3.8) is 0 Å².